The van der Waals surface area contributed by atoms with Gasteiger partial charge in [-0.25, -0.2) is 0 Å². The Kier molecular flexibility index (Phi) is 3.86. The maximum atomic E-state index is 12.5. The largest absolute Gasteiger partial charge is 0.481 e. The number of nitrogens with zero attached hydrogens (tertiary/aromatic N) is 2. The number of aliphatic carboxylic acids is 1. The number of halogens is 3. The summed E-state index contributed by atoms with van der Waals surface area (Å²) in [4.78, 5) is 10.9. The lowest BCUT2D eigenvalue weighted by Crippen LogP contribution is -2.34. The lowest BCUT2D eigenvalue weighted by Gasteiger charge is -2.34. The minimum absolute atomic E-state index is 0.0108. The summed E-state index contributed by atoms with van der Waals surface area (Å²) in [6.45, 7) is 0. The highest BCUT2D eigenvalue weighted by molar-refractivity contribution is 5.70. The number of carbonyl (C=O) groups is 1. The molecular weight excluding hydrogens is 301 g/mol. The van der Waals surface area contributed by atoms with E-state index < -0.39 is 18.1 Å². The van der Waals surface area contributed by atoms with Crippen LogP contribution in [0.25, 0.3) is 0 Å². The van der Waals surface area contributed by atoms with Crippen molar-refractivity contribution in [1.29, 1.82) is 0 Å². The minimum atomic E-state index is -4.14. The van der Waals surface area contributed by atoms with Crippen molar-refractivity contribution in [2.75, 3.05) is 0 Å². The molecule has 1 aromatic rings. The molecule has 0 radical (unpaired) electrons. The van der Waals surface area contributed by atoms with Crippen LogP contribution < -0.4 is 0 Å². The normalized spacial score (nSPS) is 32.5. The summed E-state index contributed by atoms with van der Waals surface area (Å²) in [5.74, 6) is -1.92. The van der Waals surface area contributed by atoms with Crippen molar-refractivity contribution in [2.24, 2.45) is 11.8 Å². The first-order valence-electron chi connectivity index (χ1n) is 7.47. The van der Waals surface area contributed by atoms with Crippen LogP contribution in [0.15, 0.2) is 4.42 Å². The summed E-state index contributed by atoms with van der Waals surface area (Å²) in [5.41, 5.74) is 0. The first-order valence-corrected chi connectivity index (χ1v) is 7.47. The van der Waals surface area contributed by atoms with Gasteiger partial charge in [-0.1, -0.05) is 0 Å². The highest BCUT2D eigenvalue weighted by atomic mass is 19.4. The van der Waals surface area contributed by atoms with Crippen LogP contribution in [-0.2, 0) is 4.79 Å². The third-order valence-electron chi connectivity index (χ3n) is 4.83. The summed E-state index contributed by atoms with van der Waals surface area (Å²) in [6.07, 6.45) is -1.67. The smallest absolute Gasteiger partial charge is 0.391 e. The van der Waals surface area contributed by atoms with Gasteiger partial charge in [-0.15, -0.1) is 10.2 Å². The number of rotatable bonds is 3. The fraction of sp³-hybridized carbons (Fsp3) is 0.786. The molecule has 22 heavy (non-hydrogen) atoms. The molecule has 2 aliphatic carbocycles. The van der Waals surface area contributed by atoms with Crippen LogP contribution in [0, 0.1) is 11.8 Å². The van der Waals surface area contributed by atoms with Crippen molar-refractivity contribution < 1.29 is 27.5 Å². The molecule has 1 N–H and O–H groups in total. The third kappa shape index (κ3) is 2.96. The van der Waals surface area contributed by atoms with Crippen molar-refractivity contribution in [2.45, 2.75) is 56.5 Å². The van der Waals surface area contributed by atoms with Crippen molar-refractivity contribution >= 4 is 5.97 Å². The van der Waals surface area contributed by atoms with Gasteiger partial charge in [0.1, 0.15) is 0 Å². The van der Waals surface area contributed by atoms with Crippen LogP contribution in [0.3, 0.4) is 0 Å². The van der Waals surface area contributed by atoms with Crippen LogP contribution in [0.5, 0.6) is 0 Å². The monoisotopic (exact) mass is 318 g/mol. The molecule has 5 nitrogen and oxygen atoms in total. The highest BCUT2D eigenvalue weighted by Crippen LogP contribution is 2.49. The summed E-state index contributed by atoms with van der Waals surface area (Å²) in [5, 5.41) is 16.8. The predicted octanol–water partition coefficient (Wildman–Crippen LogP) is 3.48. The van der Waals surface area contributed by atoms with Crippen molar-refractivity contribution in [1.82, 2.24) is 10.2 Å². The molecule has 122 valence electrons. The zero-order valence-electron chi connectivity index (χ0n) is 11.8. The van der Waals surface area contributed by atoms with Crippen LogP contribution in [0.2, 0.25) is 0 Å². The van der Waals surface area contributed by atoms with E-state index in [9.17, 15) is 18.0 Å². The maximum absolute atomic E-state index is 12.5. The van der Waals surface area contributed by atoms with E-state index in [1.54, 1.807) is 0 Å². The molecule has 3 rings (SSSR count). The van der Waals surface area contributed by atoms with Gasteiger partial charge in [0.15, 0.2) is 0 Å². The Morgan fingerprint density at radius 2 is 1.59 bits per heavy atom. The van der Waals surface area contributed by atoms with Crippen LogP contribution in [0.4, 0.5) is 13.2 Å². The molecule has 0 saturated heterocycles. The Hall–Kier alpha value is -1.60. The molecular formula is C14H17F3N2O3. The molecule has 0 unspecified atom stereocenters. The Morgan fingerprint density at radius 3 is 2.09 bits per heavy atom. The summed E-state index contributed by atoms with van der Waals surface area (Å²) in [7, 11) is 0. The molecule has 8 heteroatoms. The van der Waals surface area contributed by atoms with Gasteiger partial charge in [-0.3, -0.25) is 4.79 Å². The second kappa shape index (κ2) is 5.55. The highest BCUT2D eigenvalue weighted by Gasteiger charge is 2.49. The predicted molar refractivity (Wildman–Crippen MR) is 68.2 cm³/mol. The maximum Gasteiger partial charge on any atom is 0.391 e. The Labute approximate surface area is 124 Å². The average molecular weight is 318 g/mol. The number of hydrogen-bond donors (Lipinski definition) is 1. The van der Waals surface area contributed by atoms with E-state index in [4.69, 9.17) is 9.52 Å². The van der Waals surface area contributed by atoms with E-state index >= 15 is 0 Å². The van der Waals surface area contributed by atoms with Gasteiger partial charge < -0.3 is 9.52 Å². The summed E-state index contributed by atoms with van der Waals surface area (Å²) >= 11 is 0. The van der Waals surface area contributed by atoms with E-state index in [2.05, 4.69) is 10.2 Å². The molecule has 2 saturated carbocycles. The van der Waals surface area contributed by atoms with Gasteiger partial charge in [0.05, 0.1) is 11.8 Å². The quantitative estimate of drug-likeness (QED) is 0.923. The van der Waals surface area contributed by atoms with Gasteiger partial charge in [0.2, 0.25) is 11.8 Å². The second-order valence-electron chi connectivity index (χ2n) is 6.27. The Morgan fingerprint density at radius 1 is 1.05 bits per heavy atom. The Balaban J connectivity index is 1.56. The number of hydrogen-bond acceptors (Lipinski definition) is 4. The standard InChI is InChI=1S/C14H17F3N2O3/c15-14(16,17)10-5-9(6-10)12-19-18-11(22-12)7-1-3-8(4-2-7)13(20)21/h7-10H,1-6H2,(H,20,21). The first kappa shape index (κ1) is 15.3. The third-order valence-corrected chi connectivity index (χ3v) is 4.83. The van der Waals surface area contributed by atoms with Gasteiger partial charge >= 0.3 is 12.1 Å². The topological polar surface area (TPSA) is 76.2 Å². The van der Waals surface area contributed by atoms with Crippen LogP contribution in [-0.4, -0.2) is 27.4 Å². The fourth-order valence-electron chi connectivity index (χ4n) is 3.25. The Bertz CT molecular complexity index is 544. The lowest BCUT2D eigenvalue weighted by molar-refractivity contribution is -0.198. The molecule has 0 aliphatic heterocycles. The van der Waals surface area contributed by atoms with Crippen molar-refractivity contribution in [3.63, 3.8) is 0 Å². The number of carboxylic acids is 1. The van der Waals surface area contributed by atoms with E-state index in [-0.39, 0.29) is 36.5 Å². The molecule has 2 aliphatic rings. The van der Waals surface area contributed by atoms with Crippen molar-refractivity contribution in [3.05, 3.63) is 11.8 Å². The molecule has 0 atom stereocenters. The summed E-state index contributed by atoms with van der Waals surface area (Å²) < 4.78 is 43.0. The molecule has 0 spiro atoms. The molecule has 1 heterocycles. The summed E-state index contributed by atoms with van der Waals surface area (Å²) in [6, 6.07) is 0. The first-order chi connectivity index (χ1) is 10.3. The van der Waals surface area contributed by atoms with E-state index in [1.807, 2.05) is 0 Å². The van der Waals surface area contributed by atoms with Gasteiger partial charge in [-0.05, 0) is 38.5 Å². The molecule has 0 bridgehead atoms. The van der Waals surface area contributed by atoms with Crippen LogP contribution >= 0.6 is 0 Å². The van der Waals surface area contributed by atoms with Gasteiger partial charge in [0, 0.05) is 11.8 Å². The SMILES string of the molecule is O=C(O)C1CCC(c2nnc(C3CC(C(F)(F)F)C3)o2)CC1. The second-order valence-corrected chi connectivity index (χ2v) is 6.27. The molecule has 2 fully saturated rings. The lowest BCUT2D eigenvalue weighted by atomic mass is 9.74. The van der Waals surface area contributed by atoms with Gasteiger partial charge in [0.25, 0.3) is 0 Å². The van der Waals surface area contributed by atoms with E-state index in [0.29, 0.717) is 31.6 Å². The van der Waals surface area contributed by atoms with E-state index in [0.717, 1.165) is 0 Å². The average Bonchev–Trinajstić information content (AvgIpc) is 2.84. The number of aromatic nitrogens is 2. The van der Waals surface area contributed by atoms with Crippen LogP contribution in [0.1, 0.15) is 62.1 Å². The number of alkyl halides is 3. The zero-order chi connectivity index (χ0) is 15.9. The molecule has 0 aromatic carbocycles. The molecule has 0 amide bonds. The fourth-order valence-corrected chi connectivity index (χ4v) is 3.25. The molecule has 1 aromatic heterocycles. The van der Waals surface area contributed by atoms with Crippen molar-refractivity contribution in [3.8, 4) is 0 Å². The van der Waals surface area contributed by atoms with Gasteiger partial charge in [-0.2, -0.15) is 13.2 Å². The number of carboxylic acid groups (broad SMARTS) is 1. The minimum Gasteiger partial charge on any atom is -0.481 e. The zero-order valence-corrected chi connectivity index (χ0v) is 11.8. The van der Waals surface area contributed by atoms with E-state index in [1.165, 1.54) is 0 Å².